The highest BCUT2D eigenvalue weighted by Crippen LogP contribution is 2.38. The van der Waals surface area contributed by atoms with Crippen molar-refractivity contribution in [3.63, 3.8) is 0 Å². The molecule has 10 heteroatoms. The van der Waals surface area contributed by atoms with Gasteiger partial charge in [-0.1, -0.05) is 234 Å². The zero-order valence-corrected chi connectivity index (χ0v) is 48.0. The van der Waals surface area contributed by atoms with Crippen LogP contribution in [0.3, 0.4) is 0 Å². The topological polar surface area (TPSA) is 111 Å². The Bertz CT molecular complexity index is 1490. The van der Waals surface area contributed by atoms with Crippen molar-refractivity contribution in [1.82, 2.24) is 0 Å². The third-order valence-corrected chi connectivity index (χ3v) is 13.4. The highest BCUT2D eigenvalue weighted by atomic mass is 31.2. The van der Waals surface area contributed by atoms with Gasteiger partial charge in [-0.25, -0.2) is 0 Å². The monoisotopic (exact) mass is 1030 g/mol. The van der Waals surface area contributed by atoms with Gasteiger partial charge in [-0.2, -0.15) is 0 Å². The van der Waals surface area contributed by atoms with Gasteiger partial charge < -0.3 is 27.9 Å². The highest BCUT2D eigenvalue weighted by molar-refractivity contribution is 7.45. The Balaban J connectivity index is 4.04. The van der Waals surface area contributed by atoms with Crippen LogP contribution in [-0.2, 0) is 32.7 Å². The van der Waals surface area contributed by atoms with E-state index in [0.29, 0.717) is 23.9 Å². The number of hydrogen-bond donors (Lipinski definition) is 0. The smallest absolute Gasteiger partial charge is 0.306 e. The van der Waals surface area contributed by atoms with E-state index in [9.17, 15) is 19.0 Å². The fourth-order valence-electron chi connectivity index (χ4n) is 7.96. The number of carbonyl (C=O) groups excluding carboxylic acids is 2. The lowest BCUT2D eigenvalue weighted by Crippen LogP contribution is -2.37. The summed E-state index contributed by atoms with van der Waals surface area (Å²) < 4.78 is 34.1. The number of esters is 2. The minimum atomic E-state index is -4.64. The maximum absolute atomic E-state index is 12.8. The number of nitrogens with zero attached hydrogens (tertiary/aromatic N) is 1. The molecule has 0 spiro atoms. The second-order valence-corrected chi connectivity index (χ2v) is 22.0. The molecule has 0 rings (SSSR count). The fraction of sp³-hybridized carbons (Fsp3) is 0.742. The molecular formula is C62H110NO8P. The molecule has 9 nitrogen and oxygen atoms in total. The van der Waals surface area contributed by atoms with E-state index in [1.54, 1.807) is 0 Å². The molecule has 0 radical (unpaired) electrons. The van der Waals surface area contributed by atoms with E-state index < -0.39 is 32.5 Å². The molecule has 0 saturated heterocycles. The van der Waals surface area contributed by atoms with Crippen LogP contribution in [0.4, 0.5) is 0 Å². The molecule has 0 bridgehead atoms. The molecule has 0 saturated carbocycles. The first-order valence-electron chi connectivity index (χ1n) is 29.3. The van der Waals surface area contributed by atoms with Crippen LogP contribution in [0.1, 0.15) is 245 Å². The molecule has 0 aliphatic heterocycles. The van der Waals surface area contributed by atoms with Gasteiger partial charge in [0, 0.05) is 12.8 Å². The number of hydrogen-bond acceptors (Lipinski definition) is 8. The van der Waals surface area contributed by atoms with Crippen LogP contribution in [0.15, 0.2) is 85.1 Å². The lowest BCUT2D eigenvalue weighted by atomic mass is 10.0. The van der Waals surface area contributed by atoms with Crippen molar-refractivity contribution < 1.29 is 42.1 Å². The Kier molecular flexibility index (Phi) is 51.0. The van der Waals surface area contributed by atoms with Crippen molar-refractivity contribution in [3.8, 4) is 0 Å². The van der Waals surface area contributed by atoms with Crippen molar-refractivity contribution in [3.05, 3.63) is 85.1 Å². The lowest BCUT2D eigenvalue weighted by molar-refractivity contribution is -0.870. The van der Waals surface area contributed by atoms with Gasteiger partial charge in [0.25, 0.3) is 7.82 Å². The van der Waals surface area contributed by atoms with Gasteiger partial charge in [0.1, 0.15) is 19.8 Å². The van der Waals surface area contributed by atoms with Gasteiger partial charge in [0.2, 0.25) is 0 Å². The van der Waals surface area contributed by atoms with Gasteiger partial charge in [-0.3, -0.25) is 14.2 Å². The summed E-state index contributed by atoms with van der Waals surface area (Å²) in [5.74, 6) is -0.850. The average molecular weight is 1030 g/mol. The second kappa shape index (κ2) is 53.0. The molecule has 0 aromatic carbocycles. The van der Waals surface area contributed by atoms with Crippen LogP contribution in [0, 0.1) is 0 Å². The van der Waals surface area contributed by atoms with Gasteiger partial charge in [-0.15, -0.1) is 0 Å². The van der Waals surface area contributed by atoms with E-state index >= 15 is 0 Å². The molecule has 0 aromatic heterocycles. The normalized spacial score (nSPS) is 13.9. The lowest BCUT2D eigenvalue weighted by Gasteiger charge is -2.28. The van der Waals surface area contributed by atoms with Crippen LogP contribution in [0.2, 0.25) is 0 Å². The van der Waals surface area contributed by atoms with Gasteiger partial charge in [-0.05, 0) is 83.5 Å². The Morgan fingerprint density at radius 3 is 1.11 bits per heavy atom. The number of allylic oxidation sites excluding steroid dienone is 14. The number of quaternary nitrogens is 1. The largest absolute Gasteiger partial charge is 0.756 e. The number of rotatable bonds is 53. The van der Waals surface area contributed by atoms with Crippen molar-refractivity contribution in [2.45, 2.75) is 251 Å². The number of likely N-dealkylation sites (N-methyl/N-ethyl adjacent to an activating group) is 1. The van der Waals surface area contributed by atoms with Crippen molar-refractivity contribution in [2.75, 3.05) is 47.5 Å². The summed E-state index contributed by atoms with van der Waals surface area (Å²) in [6.07, 6.45) is 70.8. The van der Waals surface area contributed by atoms with Gasteiger partial charge in [0.15, 0.2) is 6.10 Å². The zero-order chi connectivity index (χ0) is 52.7. The summed E-state index contributed by atoms with van der Waals surface area (Å²) in [4.78, 5) is 37.8. The number of unbranched alkanes of at least 4 members (excludes halogenated alkanes) is 25. The summed E-state index contributed by atoms with van der Waals surface area (Å²) in [7, 11) is 1.15. The van der Waals surface area contributed by atoms with Crippen molar-refractivity contribution in [1.29, 1.82) is 0 Å². The van der Waals surface area contributed by atoms with Crippen LogP contribution in [-0.4, -0.2) is 70.0 Å². The second-order valence-electron chi connectivity index (χ2n) is 20.6. The first-order chi connectivity index (χ1) is 35.0. The molecular weight excluding hydrogens is 918 g/mol. The molecule has 2 unspecified atom stereocenters. The Morgan fingerprint density at radius 2 is 0.750 bits per heavy atom. The predicted octanol–water partition coefficient (Wildman–Crippen LogP) is 17.6. The van der Waals surface area contributed by atoms with Crippen LogP contribution in [0.25, 0.3) is 0 Å². The predicted molar refractivity (Wildman–Crippen MR) is 305 cm³/mol. The molecule has 0 N–H and O–H groups in total. The molecule has 0 fully saturated rings. The maximum Gasteiger partial charge on any atom is 0.306 e. The van der Waals surface area contributed by atoms with E-state index in [1.807, 2.05) is 21.1 Å². The quantitative estimate of drug-likeness (QED) is 0.0195. The number of ether oxygens (including phenoxy) is 2. The van der Waals surface area contributed by atoms with Crippen LogP contribution < -0.4 is 4.89 Å². The number of carbonyl (C=O) groups is 2. The van der Waals surface area contributed by atoms with E-state index in [4.69, 9.17) is 18.5 Å². The zero-order valence-electron chi connectivity index (χ0n) is 47.1. The van der Waals surface area contributed by atoms with E-state index in [2.05, 4.69) is 98.9 Å². The van der Waals surface area contributed by atoms with Crippen LogP contribution in [0.5, 0.6) is 0 Å². The molecule has 72 heavy (non-hydrogen) atoms. The molecule has 0 aliphatic rings. The third-order valence-electron chi connectivity index (χ3n) is 12.4. The van der Waals surface area contributed by atoms with Gasteiger partial charge in [0.05, 0.1) is 27.7 Å². The third kappa shape index (κ3) is 56.5. The standard InChI is InChI=1S/C62H110NO8P/c1-6-8-10-12-14-16-18-20-22-23-24-25-26-27-28-29-30-31-32-33-34-35-36-37-38-39-41-43-45-47-49-51-53-55-62(65)71-60(59-70-72(66,67)69-57-56-63(3,4)5)58-68-61(64)54-52-50-48-46-44-42-40-21-19-17-15-13-11-9-7-2/h8-11,14-17,20-22,24-25,40,60H,6-7,12-13,18-19,23,26-39,41-59H2,1-5H3/b10-8-,11-9-,16-14-,17-15-,22-20-,25-24-,40-21-. The minimum absolute atomic E-state index is 0.0357. The molecule has 0 aliphatic carbocycles. The maximum atomic E-state index is 12.8. The SMILES string of the molecule is CC/C=C\C/C=C\C/C=C\C/C=C\CCCCCCCCCCCCCCCCCCCCCCC(=O)OC(COC(=O)CCCCCCC/C=C\C/C=C\C/C=C\CC)COP(=O)([O-])OCC[N+](C)(C)C. The summed E-state index contributed by atoms with van der Waals surface area (Å²) in [5.41, 5.74) is 0. The number of phosphoric acid groups is 1. The Morgan fingerprint density at radius 1 is 0.431 bits per heavy atom. The molecule has 416 valence electrons. The number of phosphoric ester groups is 1. The molecule has 0 aromatic rings. The fourth-order valence-corrected chi connectivity index (χ4v) is 8.69. The Labute approximate surface area is 443 Å². The molecule has 0 amide bonds. The first kappa shape index (κ1) is 69.2. The first-order valence-corrected chi connectivity index (χ1v) is 30.8. The van der Waals surface area contributed by atoms with Crippen LogP contribution >= 0.6 is 7.82 Å². The Hall–Kier alpha value is -2.81. The summed E-state index contributed by atoms with van der Waals surface area (Å²) in [6, 6.07) is 0. The molecule has 0 heterocycles. The summed E-state index contributed by atoms with van der Waals surface area (Å²) in [6.45, 7) is 4.00. The van der Waals surface area contributed by atoms with E-state index in [1.165, 1.54) is 109 Å². The average Bonchev–Trinajstić information content (AvgIpc) is 3.34. The highest BCUT2D eigenvalue weighted by Gasteiger charge is 2.22. The van der Waals surface area contributed by atoms with Gasteiger partial charge >= 0.3 is 11.9 Å². The molecule has 2 atom stereocenters. The summed E-state index contributed by atoms with van der Waals surface area (Å²) >= 11 is 0. The van der Waals surface area contributed by atoms with Crippen molar-refractivity contribution >= 4 is 19.8 Å². The summed E-state index contributed by atoms with van der Waals surface area (Å²) in [5, 5.41) is 0. The van der Waals surface area contributed by atoms with E-state index in [0.717, 1.165) is 96.3 Å². The van der Waals surface area contributed by atoms with Crippen molar-refractivity contribution in [2.24, 2.45) is 0 Å². The minimum Gasteiger partial charge on any atom is -0.756 e. The van der Waals surface area contributed by atoms with E-state index in [-0.39, 0.29) is 26.1 Å².